The minimum absolute atomic E-state index is 0.0155. The number of carboxylic acid groups (broad SMARTS) is 1. The monoisotopic (exact) mass is 159 g/mol. The van der Waals surface area contributed by atoms with Gasteiger partial charge >= 0.3 is 5.97 Å². The zero-order valence-electron chi connectivity index (χ0n) is 7.48. The van der Waals surface area contributed by atoms with Gasteiger partial charge in [-0.3, -0.25) is 4.79 Å². The summed E-state index contributed by atoms with van der Waals surface area (Å²) in [7, 11) is 0. The summed E-state index contributed by atoms with van der Waals surface area (Å²) in [6.45, 7) is 6.20. The molecule has 0 aliphatic rings. The number of hydrogen-bond acceptors (Lipinski definition) is 2. The molecule has 3 nitrogen and oxygen atoms in total. The van der Waals surface area contributed by atoms with Crippen LogP contribution in [0.25, 0.3) is 0 Å². The molecule has 0 saturated heterocycles. The molecule has 3 heteroatoms. The lowest BCUT2D eigenvalue weighted by atomic mass is 9.96. The topological polar surface area (TPSA) is 49.3 Å². The van der Waals surface area contributed by atoms with Gasteiger partial charge in [-0.1, -0.05) is 13.8 Å². The Kier molecular flexibility index (Phi) is 4.11. The fraction of sp³-hybridized carbons (Fsp3) is 0.875. The molecule has 0 spiro atoms. The highest BCUT2D eigenvalue weighted by Crippen LogP contribution is 2.12. The molecule has 0 aromatic heterocycles. The van der Waals surface area contributed by atoms with Crippen molar-refractivity contribution in [2.45, 2.75) is 39.2 Å². The second-order valence-corrected chi connectivity index (χ2v) is 3.02. The third-order valence-electron chi connectivity index (χ3n) is 2.23. The summed E-state index contributed by atoms with van der Waals surface area (Å²) >= 11 is 0. The van der Waals surface area contributed by atoms with E-state index in [4.69, 9.17) is 5.11 Å². The molecule has 0 aliphatic carbocycles. The molecule has 0 amide bonds. The number of carbonyl (C=O) groups is 1. The van der Waals surface area contributed by atoms with E-state index in [9.17, 15) is 4.79 Å². The summed E-state index contributed by atoms with van der Waals surface area (Å²) in [4.78, 5) is 10.2. The smallest absolute Gasteiger partial charge is 0.317 e. The van der Waals surface area contributed by atoms with Crippen LogP contribution >= 0.6 is 0 Å². The Morgan fingerprint density at radius 1 is 1.45 bits per heavy atom. The predicted octanol–water partition coefficient (Wildman–Crippen LogP) is 1.24. The predicted molar refractivity (Wildman–Crippen MR) is 44.6 cm³/mol. The molecule has 0 aromatic rings. The van der Waals surface area contributed by atoms with Crippen molar-refractivity contribution in [3.63, 3.8) is 0 Å². The molecule has 0 aliphatic heterocycles. The first-order valence-electron chi connectivity index (χ1n) is 4.01. The van der Waals surface area contributed by atoms with Crippen LogP contribution in [0.15, 0.2) is 0 Å². The van der Waals surface area contributed by atoms with Crippen LogP contribution in [0.2, 0.25) is 0 Å². The van der Waals surface area contributed by atoms with Gasteiger partial charge in [-0.2, -0.15) is 0 Å². The number of aliphatic carboxylic acids is 1. The Morgan fingerprint density at radius 2 is 1.91 bits per heavy atom. The Bertz CT molecular complexity index is 130. The number of hydrogen-bond donors (Lipinski definition) is 2. The van der Waals surface area contributed by atoms with Crippen molar-refractivity contribution in [3.8, 4) is 0 Å². The van der Waals surface area contributed by atoms with Gasteiger partial charge in [0.05, 0.1) is 6.54 Å². The van der Waals surface area contributed by atoms with Gasteiger partial charge in [0, 0.05) is 5.54 Å². The Balaban J connectivity index is 3.78. The molecule has 2 N–H and O–H groups in total. The van der Waals surface area contributed by atoms with Gasteiger partial charge in [0.1, 0.15) is 0 Å². The van der Waals surface area contributed by atoms with Gasteiger partial charge in [-0.25, -0.2) is 0 Å². The van der Waals surface area contributed by atoms with E-state index >= 15 is 0 Å². The highest BCUT2D eigenvalue weighted by atomic mass is 16.4. The third kappa shape index (κ3) is 3.98. The van der Waals surface area contributed by atoms with Gasteiger partial charge in [-0.15, -0.1) is 0 Å². The van der Waals surface area contributed by atoms with Crippen LogP contribution in [0.4, 0.5) is 0 Å². The first kappa shape index (κ1) is 10.4. The molecular formula is C8H17NO2. The van der Waals surface area contributed by atoms with E-state index in [0.29, 0.717) is 0 Å². The lowest BCUT2D eigenvalue weighted by Gasteiger charge is -2.27. The van der Waals surface area contributed by atoms with E-state index in [-0.39, 0.29) is 12.1 Å². The van der Waals surface area contributed by atoms with Crippen molar-refractivity contribution in [3.05, 3.63) is 0 Å². The second kappa shape index (κ2) is 4.34. The molecule has 0 heterocycles. The Labute approximate surface area is 67.8 Å². The summed E-state index contributed by atoms with van der Waals surface area (Å²) in [5, 5.41) is 11.4. The van der Waals surface area contributed by atoms with E-state index in [1.165, 1.54) is 0 Å². The van der Waals surface area contributed by atoms with Crippen LogP contribution in [0.3, 0.4) is 0 Å². The minimum Gasteiger partial charge on any atom is -0.480 e. The fourth-order valence-corrected chi connectivity index (χ4v) is 0.789. The third-order valence-corrected chi connectivity index (χ3v) is 2.23. The van der Waals surface area contributed by atoms with Crippen molar-refractivity contribution in [2.24, 2.45) is 0 Å². The summed E-state index contributed by atoms with van der Waals surface area (Å²) in [5.74, 6) is -0.793. The average molecular weight is 159 g/mol. The summed E-state index contributed by atoms with van der Waals surface area (Å²) < 4.78 is 0. The van der Waals surface area contributed by atoms with Gasteiger partial charge in [-0.05, 0) is 19.8 Å². The average Bonchev–Trinajstić information content (AvgIpc) is 2.00. The highest BCUT2D eigenvalue weighted by molar-refractivity contribution is 5.69. The molecule has 0 saturated carbocycles. The van der Waals surface area contributed by atoms with Crippen molar-refractivity contribution >= 4 is 5.97 Å². The zero-order valence-corrected chi connectivity index (χ0v) is 7.48. The quantitative estimate of drug-likeness (QED) is 0.634. The molecule has 0 rings (SSSR count). The van der Waals surface area contributed by atoms with Crippen LogP contribution in [0.5, 0.6) is 0 Å². The molecule has 0 atom stereocenters. The highest BCUT2D eigenvalue weighted by Gasteiger charge is 2.18. The van der Waals surface area contributed by atoms with Crippen LogP contribution in [0.1, 0.15) is 33.6 Å². The molecule has 0 aromatic carbocycles. The largest absolute Gasteiger partial charge is 0.480 e. The van der Waals surface area contributed by atoms with E-state index < -0.39 is 5.97 Å². The maximum Gasteiger partial charge on any atom is 0.317 e. The number of carboxylic acids is 1. The van der Waals surface area contributed by atoms with Crippen LogP contribution < -0.4 is 5.32 Å². The van der Waals surface area contributed by atoms with Crippen molar-refractivity contribution in [1.29, 1.82) is 0 Å². The Hall–Kier alpha value is -0.570. The maximum absolute atomic E-state index is 10.2. The molecule has 11 heavy (non-hydrogen) atoms. The lowest BCUT2D eigenvalue weighted by molar-refractivity contribution is -0.136. The first-order chi connectivity index (χ1) is 5.04. The molecule has 66 valence electrons. The summed E-state index contributed by atoms with van der Waals surface area (Å²) in [6, 6.07) is 0. The van der Waals surface area contributed by atoms with Gasteiger partial charge in [0.25, 0.3) is 0 Å². The van der Waals surface area contributed by atoms with E-state index in [2.05, 4.69) is 19.2 Å². The van der Waals surface area contributed by atoms with Crippen LogP contribution in [-0.4, -0.2) is 23.2 Å². The number of nitrogens with one attached hydrogen (secondary N) is 1. The molecule has 0 radical (unpaired) electrons. The summed E-state index contributed by atoms with van der Waals surface area (Å²) in [5.41, 5.74) is -0.0155. The summed E-state index contributed by atoms with van der Waals surface area (Å²) in [6.07, 6.45) is 1.91. The van der Waals surface area contributed by atoms with Crippen molar-refractivity contribution in [2.75, 3.05) is 6.54 Å². The van der Waals surface area contributed by atoms with Crippen LogP contribution in [-0.2, 0) is 4.79 Å². The molecular weight excluding hydrogens is 142 g/mol. The van der Waals surface area contributed by atoms with Crippen molar-refractivity contribution in [1.82, 2.24) is 5.32 Å². The van der Waals surface area contributed by atoms with Crippen molar-refractivity contribution < 1.29 is 9.90 Å². The molecule has 0 fully saturated rings. The zero-order chi connectivity index (χ0) is 8.91. The first-order valence-corrected chi connectivity index (χ1v) is 4.01. The lowest BCUT2D eigenvalue weighted by Crippen LogP contribution is -2.43. The fourth-order valence-electron chi connectivity index (χ4n) is 0.789. The van der Waals surface area contributed by atoms with E-state index in [1.807, 2.05) is 6.92 Å². The van der Waals surface area contributed by atoms with E-state index in [1.54, 1.807) is 0 Å². The molecule has 0 bridgehead atoms. The normalized spacial score (nSPS) is 11.5. The van der Waals surface area contributed by atoms with E-state index in [0.717, 1.165) is 12.8 Å². The Morgan fingerprint density at radius 3 is 2.18 bits per heavy atom. The van der Waals surface area contributed by atoms with Crippen LogP contribution in [0, 0.1) is 0 Å². The van der Waals surface area contributed by atoms with Gasteiger partial charge < -0.3 is 10.4 Å². The standard InChI is InChI=1S/C8H17NO2/c1-4-8(3,5-2)9-6-7(10)11/h9H,4-6H2,1-3H3,(H,10,11). The van der Waals surface area contributed by atoms with Gasteiger partial charge in [0.2, 0.25) is 0 Å². The minimum atomic E-state index is -0.793. The van der Waals surface area contributed by atoms with Gasteiger partial charge in [0.15, 0.2) is 0 Å². The maximum atomic E-state index is 10.2. The SMILES string of the molecule is CCC(C)(CC)NCC(=O)O. The number of rotatable bonds is 5. The second-order valence-electron chi connectivity index (χ2n) is 3.02. The molecule has 0 unspecified atom stereocenters.